The maximum Gasteiger partial charge on any atom is 0.258 e. The molecule has 0 radical (unpaired) electrons. The topological polar surface area (TPSA) is 67.5 Å². The van der Waals surface area contributed by atoms with Gasteiger partial charge in [-0.1, -0.05) is 18.2 Å². The molecule has 0 unspecified atom stereocenters. The minimum atomic E-state index is -0.162. The molecule has 0 atom stereocenters. The zero-order valence-corrected chi connectivity index (χ0v) is 15.8. The monoisotopic (exact) mass is 365 g/mol. The molecule has 1 aromatic heterocycles. The van der Waals surface area contributed by atoms with Gasteiger partial charge < -0.3 is 14.5 Å². The Morgan fingerprint density at radius 2 is 1.96 bits per heavy atom. The Morgan fingerprint density at radius 3 is 2.74 bits per heavy atom. The van der Waals surface area contributed by atoms with Crippen molar-refractivity contribution in [3.8, 4) is 11.5 Å². The lowest BCUT2D eigenvalue weighted by Gasteiger charge is -2.29. The number of hydrogen-bond acceptors (Lipinski definition) is 5. The average molecular weight is 365 g/mol. The zero-order valence-electron chi connectivity index (χ0n) is 15.8. The van der Waals surface area contributed by atoms with Crippen LogP contribution in [0.15, 0.2) is 35.1 Å². The van der Waals surface area contributed by atoms with Gasteiger partial charge in [-0.2, -0.15) is 0 Å². The summed E-state index contributed by atoms with van der Waals surface area (Å²) in [5, 5.41) is 0.497. The molecule has 140 valence electrons. The van der Waals surface area contributed by atoms with Gasteiger partial charge in [0.15, 0.2) is 11.5 Å². The Balaban J connectivity index is 1.65. The maximum atomic E-state index is 12.6. The van der Waals surface area contributed by atoms with E-state index >= 15 is 0 Å². The first kappa shape index (κ1) is 17.5. The molecule has 0 aliphatic carbocycles. The summed E-state index contributed by atoms with van der Waals surface area (Å²) in [6.45, 7) is 4.57. The Labute approximate surface area is 157 Å². The van der Waals surface area contributed by atoms with Crippen LogP contribution in [-0.2, 0) is 19.5 Å². The fourth-order valence-corrected chi connectivity index (χ4v) is 3.74. The Kier molecular flexibility index (Phi) is 4.58. The van der Waals surface area contributed by atoms with E-state index in [-0.39, 0.29) is 5.56 Å². The average Bonchev–Trinajstić information content (AvgIpc) is 2.67. The van der Waals surface area contributed by atoms with Gasteiger partial charge in [-0.3, -0.25) is 9.69 Å². The van der Waals surface area contributed by atoms with Crippen LogP contribution >= 0.6 is 0 Å². The molecule has 1 N–H and O–H groups in total. The smallest absolute Gasteiger partial charge is 0.258 e. The van der Waals surface area contributed by atoms with Crippen molar-refractivity contribution in [2.75, 3.05) is 20.8 Å². The molecule has 0 amide bonds. The zero-order chi connectivity index (χ0) is 19.0. The van der Waals surface area contributed by atoms with Gasteiger partial charge in [0.05, 0.1) is 31.7 Å². The van der Waals surface area contributed by atoms with Crippen LogP contribution in [0.25, 0.3) is 10.9 Å². The van der Waals surface area contributed by atoms with Crippen LogP contribution in [0.3, 0.4) is 0 Å². The van der Waals surface area contributed by atoms with E-state index in [9.17, 15) is 4.79 Å². The Bertz CT molecular complexity index is 1060. The standard InChI is InChI=1S/C21H23N3O3/c1-13-5-4-6-14-7-8-24(11-16(13)14)12-20-22-17-10-19(27-3)18(26-2)9-15(17)21(25)23-20/h4-6,9-10H,7-8,11-12H2,1-3H3,(H,22,23,25). The van der Waals surface area contributed by atoms with Crippen molar-refractivity contribution in [2.45, 2.75) is 26.4 Å². The first-order chi connectivity index (χ1) is 13.1. The Hall–Kier alpha value is -2.86. The summed E-state index contributed by atoms with van der Waals surface area (Å²) in [5.74, 6) is 1.75. The molecule has 2 aromatic carbocycles. The number of nitrogens with zero attached hydrogens (tertiary/aromatic N) is 2. The molecule has 0 bridgehead atoms. The number of aryl methyl sites for hydroxylation is 1. The lowest BCUT2D eigenvalue weighted by Crippen LogP contribution is -2.32. The van der Waals surface area contributed by atoms with E-state index in [0.717, 1.165) is 19.5 Å². The molecule has 2 heterocycles. The summed E-state index contributed by atoms with van der Waals surface area (Å²) >= 11 is 0. The minimum Gasteiger partial charge on any atom is -0.493 e. The summed E-state index contributed by atoms with van der Waals surface area (Å²) in [6, 6.07) is 9.90. The van der Waals surface area contributed by atoms with Crippen LogP contribution < -0.4 is 15.0 Å². The summed E-state index contributed by atoms with van der Waals surface area (Å²) in [5.41, 5.74) is 4.57. The lowest BCUT2D eigenvalue weighted by molar-refractivity contribution is 0.239. The van der Waals surface area contributed by atoms with Crippen molar-refractivity contribution in [2.24, 2.45) is 0 Å². The number of fused-ring (bicyclic) bond motifs is 2. The van der Waals surface area contributed by atoms with Crippen LogP contribution in [-0.4, -0.2) is 35.6 Å². The van der Waals surface area contributed by atoms with E-state index in [1.165, 1.54) is 16.7 Å². The van der Waals surface area contributed by atoms with Crippen LogP contribution in [0.2, 0.25) is 0 Å². The summed E-state index contributed by atoms with van der Waals surface area (Å²) < 4.78 is 10.6. The van der Waals surface area contributed by atoms with Gasteiger partial charge in [0.2, 0.25) is 0 Å². The van der Waals surface area contributed by atoms with Crippen molar-refractivity contribution in [3.63, 3.8) is 0 Å². The van der Waals surface area contributed by atoms with E-state index in [4.69, 9.17) is 9.47 Å². The Morgan fingerprint density at radius 1 is 1.19 bits per heavy atom. The van der Waals surface area contributed by atoms with Gasteiger partial charge in [-0.15, -0.1) is 0 Å². The normalized spacial score (nSPS) is 14.2. The molecular formula is C21H23N3O3. The number of methoxy groups -OCH3 is 2. The number of hydrogen-bond donors (Lipinski definition) is 1. The van der Waals surface area contributed by atoms with E-state index in [0.29, 0.717) is 34.8 Å². The summed E-state index contributed by atoms with van der Waals surface area (Å²) in [6.07, 6.45) is 1.01. The molecular weight excluding hydrogens is 342 g/mol. The number of ether oxygens (including phenoxy) is 2. The third-order valence-electron chi connectivity index (χ3n) is 5.22. The van der Waals surface area contributed by atoms with Crippen molar-refractivity contribution in [1.82, 2.24) is 14.9 Å². The number of H-pyrrole nitrogens is 1. The van der Waals surface area contributed by atoms with Crippen molar-refractivity contribution in [3.05, 3.63) is 63.2 Å². The molecule has 6 heteroatoms. The van der Waals surface area contributed by atoms with Crippen molar-refractivity contribution >= 4 is 10.9 Å². The molecule has 0 fully saturated rings. The molecule has 0 saturated heterocycles. The molecule has 1 aliphatic rings. The van der Waals surface area contributed by atoms with Crippen LogP contribution in [0.1, 0.15) is 22.5 Å². The second-order valence-corrected chi connectivity index (χ2v) is 6.91. The third-order valence-corrected chi connectivity index (χ3v) is 5.22. The number of benzene rings is 2. The SMILES string of the molecule is COc1cc2nc(CN3CCc4cccc(C)c4C3)[nH]c(=O)c2cc1OC. The van der Waals surface area contributed by atoms with E-state index in [1.807, 2.05) is 0 Å². The van der Waals surface area contributed by atoms with Gasteiger partial charge >= 0.3 is 0 Å². The predicted octanol–water partition coefficient (Wildman–Crippen LogP) is 2.81. The first-order valence-electron chi connectivity index (χ1n) is 9.03. The predicted molar refractivity (Wildman–Crippen MR) is 104 cm³/mol. The molecule has 27 heavy (non-hydrogen) atoms. The van der Waals surface area contributed by atoms with Gasteiger partial charge in [0.25, 0.3) is 5.56 Å². The van der Waals surface area contributed by atoms with Crippen LogP contribution in [0.4, 0.5) is 0 Å². The van der Waals surface area contributed by atoms with Crippen molar-refractivity contribution in [1.29, 1.82) is 0 Å². The van der Waals surface area contributed by atoms with E-state index in [2.05, 4.69) is 40.0 Å². The first-order valence-corrected chi connectivity index (χ1v) is 9.03. The van der Waals surface area contributed by atoms with Crippen LogP contribution in [0, 0.1) is 6.92 Å². The van der Waals surface area contributed by atoms with Crippen molar-refractivity contribution < 1.29 is 9.47 Å². The lowest BCUT2D eigenvalue weighted by atomic mass is 9.96. The summed E-state index contributed by atoms with van der Waals surface area (Å²) in [7, 11) is 3.13. The quantitative estimate of drug-likeness (QED) is 0.770. The highest BCUT2D eigenvalue weighted by Crippen LogP contribution is 2.30. The highest BCUT2D eigenvalue weighted by Gasteiger charge is 2.19. The highest BCUT2D eigenvalue weighted by atomic mass is 16.5. The van der Waals surface area contributed by atoms with Crippen LogP contribution in [0.5, 0.6) is 11.5 Å². The number of nitrogens with one attached hydrogen (secondary N) is 1. The molecule has 1 aliphatic heterocycles. The van der Waals surface area contributed by atoms with E-state index in [1.54, 1.807) is 26.4 Å². The minimum absolute atomic E-state index is 0.162. The van der Waals surface area contributed by atoms with Gasteiger partial charge in [0.1, 0.15) is 5.82 Å². The molecule has 3 aromatic rings. The highest BCUT2D eigenvalue weighted by molar-refractivity contribution is 5.81. The fraction of sp³-hybridized carbons (Fsp3) is 0.333. The van der Waals surface area contributed by atoms with E-state index < -0.39 is 0 Å². The number of aromatic nitrogens is 2. The number of aromatic amines is 1. The summed E-state index contributed by atoms with van der Waals surface area (Å²) in [4.78, 5) is 22.5. The second kappa shape index (κ2) is 7.04. The third kappa shape index (κ3) is 3.28. The van der Waals surface area contributed by atoms with Gasteiger partial charge in [-0.25, -0.2) is 4.98 Å². The molecule has 6 nitrogen and oxygen atoms in total. The van der Waals surface area contributed by atoms with Gasteiger partial charge in [-0.05, 0) is 36.1 Å². The fourth-order valence-electron chi connectivity index (χ4n) is 3.74. The largest absolute Gasteiger partial charge is 0.493 e. The second-order valence-electron chi connectivity index (χ2n) is 6.91. The molecule has 0 spiro atoms. The molecule has 4 rings (SSSR count). The number of rotatable bonds is 4. The van der Waals surface area contributed by atoms with Gasteiger partial charge in [0, 0.05) is 19.2 Å². The maximum absolute atomic E-state index is 12.6. The molecule has 0 saturated carbocycles.